The second kappa shape index (κ2) is 8.16. The monoisotopic (exact) mass is 444 g/mol. The average molecular weight is 444 g/mol. The first-order valence-corrected chi connectivity index (χ1v) is 10.6. The number of halogens is 1. The minimum absolute atomic E-state index is 0.0255. The maximum Gasteiger partial charge on any atom is 0.295 e. The first-order chi connectivity index (χ1) is 15.9. The van der Waals surface area contributed by atoms with Gasteiger partial charge in [-0.25, -0.2) is 4.39 Å². The van der Waals surface area contributed by atoms with Crippen LogP contribution in [0.2, 0.25) is 0 Å². The SMILES string of the molecule is CC1Cc2cc(/C(O)=C3\C(=O)C(=O)N(Cc4cccnc4)C3c3ccc(F)cc3)ccc2O1. The lowest BCUT2D eigenvalue weighted by Crippen LogP contribution is -2.29. The van der Waals surface area contributed by atoms with Crippen LogP contribution in [-0.2, 0) is 22.6 Å². The van der Waals surface area contributed by atoms with E-state index in [1.165, 1.54) is 29.2 Å². The number of likely N-dealkylation sites (tertiary alicyclic amines) is 1. The molecule has 3 aromatic rings. The number of carbonyl (C=O) groups excluding carboxylic acids is 2. The van der Waals surface area contributed by atoms with Gasteiger partial charge in [0.2, 0.25) is 0 Å². The highest BCUT2D eigenvalue weighted by molar-refractivity contribution is 6.46. The van der Waals surface area contributed by atoms with E-state index in [2.05, 4.69) is 4.98 Å². The number of benzene rings is 2. The van der Waals surface area contributed by atoms with Gasteiger partial charge in [-0.3, -0.25) is 14.6 Å². The molecule has 166 valence electrons. The van der Waals surface area contributed by atoms with Gasteiger partial charge in [0.05, 0.1) is 11.6 Å². The molecule has 1 aromatic heterocycles. The Labute approximate surface area is 190 Å². The van der Waals surface area contributed by atoms with Crippen LogP contribution in [0.25, 0.3) is 5.76 Å². The number of fused-ring (bicyclic) bond motifs is 1. The summed E-state index contributed by atoms with van der Waals surface area (Å²) in [5.41, 5.74) is 2.59. The van der Waals surface area contributed by atoms with E-state index in [0.29, 0.717) is 17.5 Å². The van der Waals surface area contributed by atoms with Crippen molar-refractivity contribution in [3.05, 3.63) is 101 Å². The Balaban J connectivity index is 1.62. The number of ketones is 1. The maximum absolute atomic E-state index is 13.6. The van der Waals surface area contributed by atoms with Gasteiger partial charge in [-0.1, -0.05) is 18.2 Å². The minimum atomic E-state index is -0.866. The van der Waals surface area contributed by atoms with Crippen molar-refractivity contribution in [3.63, 3.8) is 0 Å². The molecule has 2 aliphatic rings. The molecule has 33 heavy (non-hydrogen) atoms. The first kappa shape index (κ1) is 20.9. The van der Waals surface area contributed by atoms with Gasteiger partial charge in [0.1, 0.15) is 23.4 Å². The lowest BCUT2D eigenvalue weighted by atomic mass is 9.94. The number of nitrogens with zero attached hydrogens (tertiary/aromatic N) is 2. The van der Waals surface area contributed by atoms with Crippen LogP contribution in [0.4, 0.5) is 4.39 Å². The van der Waals surface area contributed by atoms with Crippen molar-refractivity contribution in [2.75, 3.05) is 0 Å². The summed E-state index contributed by atoms with van der Waals surface area (Å²) in [5, 5.41) is 11.2. The quantitative estimate of drug-likeness (QED) is 0.371. The largest absolute Gasteiger partial charge is 0.507 e. The zero-order valence-corrected chi connectivity index (χ0v) is 17.9. The molecule has 0 bridgehead atoms. The van der Waals surface area contributed by atoms with E-state index in [0.717, 1.165) is 16.9 Å². The molecule has 1 amide bonds. The number of hydrogen-bond acceptors (Lipinski definition) is 5. The third-order valence-corrected chi connectivity index (χ3v) is 5.97. The van der Waals surface area contributed by atoms with Gasteiger partial charge in [0, 0.05) is 30.9 Å². The number of aromatic nitrogens is 1. The smallest absolute Gasteiger partial charge is 0.295 e. The van der Waals surface area contributed by atoms with E-state index in [4.69, 9.17) is 4.74 Å². The molecule has 2 aliphatic heterocycles. The summed E-state index contributed by atoms with van der Waals surface area (Å²) >= 11 is 0. The van der Waals surface area contributed by atoms with Gasteiger partial charge in [0.25, 0.3) is 11.7 Å². The van der Waals surface area contributed by atoms with Crippen LogP contribution in [-0.4, -0.2) is 32.8 Å². The average Bonchev–Trinajstić information content (AvgIpc) is 3.31. The van der Waals surface area contributed by atoms with Gasteiger partial charge in [-0.05, 0) is 60.0 Å². The highest BCUT2D eigenvalue weighted by Gasteiger charge is 2.46. The Morgan fingerprint density at radius 3 is 2.70 bits per heavy atom. The van der Waals surface area contributed by atoms with Gasteiger partial charge in [-0.2, -0.15) is 0 Å². The molecule has 1 fully saturated rings. The van der Waals surface area contributed by atoms with Crippen LogP contribution in [0.15, 0.2) is 72.6 Å². The van der Waals surface area contributed by atoms with Crippen LogP contribution >= 0.6 is 0 Å². The highest BCUT2D eigenvalue weighted by atomic mass is 19.1. The molecule has 1 saturated heterocycles. The number of amides is 1. The number of pyridine rings is 1. The molecule has 0 saturated carbocycles. The summed E-state index contributed by atoms with van der Waals surface area (Å²) in [7, 11) is 0. The summed E-state index contributed by atoms with van der Waals surface area (Å²) in [6.45, 7) is 2.07. The van der Waals surface area contributed by atoms with Crippen molar-refractivity contribution in [1.29, 1.82) is 0 Å². The first-order valence-electron chi connectivity index (χ1n) is 10.6. The molecular weight excluding hydrogens is 423 g/mol. The summed E-state index contributed by atoms with van der Waals surface area (Å²) < 4.78 is 19.3. The second-order valence-electron chi connectivity index (χ2n) is 8.29. The summed E-state index contributed by atoms with van der Waals surface area (Å²) in [4.78, 5) is 31.6. The normalized spacial score (nSPS) is 21.2. The number of aliphatic hydroxyl groups excluding tert-OH is 1. The summed E-state index contributed by atoms with van der Waals surface area (Å²) in [6, 6.07) is 13.5. The van der Waals surface area contributed by atoms with Crippen molar-refractivity contribution in [3.8, 4) is 5.75 Å². The number of carbonyl (C=O) groups is 2. The van der Waals surface area contributed by atoms with Crippen molar-refractivity contribution in [2.24, 2.45) is 0 Å². The van der Waals surface area contributed by atoms with E-state index < -0.39 is 23.5 Å². The molecule has 1 N–H and O–H groups in total. The summed E-state index contributed by atoms with van der Waals surface area (Å²) in [6.07, 6.45) is 3.95. The van der Waals surface area contributed by atoms with Crippen molar-refractivity contribution in [1.82, 2.24) is 9.88 Å². The number of ether oxygens (including phenoxy) is 1. The van der Waals surface area contributed by atoms with Gasteiger partial charge in [-0.15, -0.1) is 0 Å². The molecule has 5 rings (SSSR count). The Morgan fingerprint density at radius 2 is 1.97 bits per heavy atom. The van der Waals surface area contributed by atoms with E-state index in [1.807, 2.05) is 6.92 Å². The lowest BCUT2D eigenvalue weighted by molar-refractivity contribution is -0.140. The number of Topliss-reactive ketones (excluding diaryl/α,β-unsaturated/α-hetero) is 1. The standard InChI is InChI=1S/C26H21FN2O4/c1-15-11-19-12-18(6-9-21(19)33-15)24(30)22-23(17-4-7-20(27)8-5-17)29(26(32)25(22)31)14-16-3-2-10-28-13-16/h2-10,12-13,15,23,30H,11,14H2,1H3/b24-22+. The van der Waals surface area contributed by atoms with Crippen molar-refractivity contribution < 1.29 is 23.8 Å². The fraction of sp³-hybridized carbons (Fsp3) is 0.192. The molecule has 2 unspecified atom stereocenters. The van der Waals surface area contributed by atoms with Crippen LogP contribution in [0.3, 0.4) is 0 Å². The third kappa shape index (κ3) is 3.75. The van der Waals surface area contributed by atoms with E-state index in [1.54, 1.807) is 42.7 Å². The number of rotatable bonds is 4. The molecule has 3 heterocycles. The van der Waals surface area contributed by atoms with Crippen LogP contribution < -0.4 is 4.74 Å². The van der Waals surface area contributed by atoms with E-state index >= 15 is 0 Å². The predicted molar refractivity (Wildman–Crippen MR) is 119 cm³/mol. The van der Waals surface area contributed by atoms with Crippen molar-refractivity contribution >= 4 is 17.4 Å². The lowest BCUT2D eigenvalue weighted by Gasteiger charge is -2.25. The molecule has 0 aliphatic carbocycles. The molecule has 6 nitrogen and oxygen atoms in total. The van der Waals surface area contributed by atoms with Crippen LogP contribution in [0.5, 0.6) is 5.75 Å². The molecule has 7 heteroatoms. The van der Waals surface area contributed by atoms with Gasteiger partial charge < -0.3 is 14.7 Å². The fourth-order valence-electron chi connectivity index (χ4n) is 4.45. The molecule has 0 spiro atoms. The van der Waals surface area contributed by atoms with Crippen molar-refractivity contribution in [2.45, 2.75) is 32.0 Å². The second-order valence-corrected chi connectivity index (χ2v) is 8.29. The minimum Gasteiger partial charge on any atom is -0.507 e. The molecule has 2 aromatic carbocycles. The molecule has 2 atom stereocenters. The van der Waals surface area contributed by atoms with Gasteiger partial charge in [0.15, 0.2) is 0 Å². The Kier molecular flexibility index (Phi) is 5.17. The third-order valence-electron chi connectivity index (χ3n) is 5.97. The summed E-state index contributed by atoms with van der Waals surface area (Å²) in [5.74, 6) is -1.47. The zero-order chi connectivity index (χ0) is 23.1. The Hall–Kier alpha value is -4.00. The Morgan fingerprint density at radius 1 is 1.18 bits per heavy atom. The van der Waals surface area contributed by atoms with E-state index in [9.17, 15) is 19.1 Å². The van der Waals surface area contributed by atoms with Crippen LogP contribution in [0.1, 0.15) is 35.2 Å². The number of hydrogen-bond donors (Lipinski definition) is 1. The number of aliphatic hydroxyl groups is 1. The molecule has 0 radical (unpaired) electrons. The Bertz CT molecular complexity index is 1270. The fourth-order valence-corrected chi connectivity index (χ4v) is 4.45. The molecular formula is C26H21FN2O4. The van der Waals surface area contributed by atoms with Crippen LogP contribution in [0, 0.1) is 5.82 Å². The predicted octanol–water partition coefficient (Wildman–Crippen LogP) is 4.17. The topological polar surface area (TPSA) is 79.7 Å². The van der Waals surface area contributed by atoms with Gasteiger partial charge >= 0.3 is 0 Å². The van der Waals surface area contributed by atoms with E-state index in [-0.39, 0.29) is 24.0 Å². The highest BCUT2D eigenvalue weighted by Crippen LogP contribution is 2.41. The zero-order valence-electron chi connectivity index (χ0n) is 17.9. The maximum atomic E-state index is 13.6.